The first kappa shape index (κ1) is 24.3. The molecule has 0 aromatic heterocycles. The zero-order chi connectivity index (χ0) is 24.9. The van der Waals surface area contributed by atoms with E-state index in [9.17, 15) is 23.6 Å². The minimum absolute atomic E-state index is 0.0337. The zero-order valence-corrected chi connectivity index (χ0v) is 19.3. The number of sulfonamides is 1. The van der Waals surface area contributed by atoms with Crippen molar-refractivity contribution in [2.75, 3.05) is 24.4 Å². The number of phenolic OH excluding ortho intramolecular Hbond substituents is 1. The van der Waals surface area contributed by atoms with Crippen molar-refractivity contribution in [3.63, 3.8) is 0 Å². The van der Waals surface area contributed by atoms with Crippen LogP contribution < -0.4 is 19.6 Å². The molecule has 0 heterocycles. The molecule has 3 aromatic rings. The molecule has 34 heavy (non-hydrogen) atoms. The molecule has 3 aromatic carbocycles. The van der Waals surface area contributed by atoms with Gasteiger partial charge in [-0.15, -0.1) is 0 Å². The summed E-state index contributed by atoms with van der Waals surface area (Å²) in [7, 11) is -1.29. The van der Waals surface area contributed by atoms with Crippen LogP contribution in [0, 0.1) is 10.1 Å². The number of para-hydroxylation sites is 2. The van der Waals surface area contributed by atoms with E-state index in [1.165, 1.54) is 38.5 Å². The van der Waals surface area contributed by atoms with E-state index in [4.69, 9.17) is 9.47 Å². The standard InChI is InChI=1S/C22H22N4O7S/c1-14(17-10-8-15(32-2)12-21(17)27)23-24-18-11-9-16(13-20(18)26(28)29)34(30,31)25-19-6-4-5-7-22(19)33-3/h4-13,24-25,27H,1-3H3. The van der Waals surface area contributed by atoms with Gasteiger partial charge in [0.15, 0.2) is 0 Å². The molecular weight excluding hydrogens is 464 g/mol. The van der Waals surface area contributed by atoms with Crippen LogP contribution in [-0.4, -0.2) is 38.4 Å². The second-order valence-corrected chi connectivity index (χ2v) is 8.62. The zero-order valence-electron chi connectivity index (χ0n) is 18.5. The summed E-state index contributed by atoms with van der Waals surface area (Å²) in [6.07, 6.45) is 0. The highest BCUT2D eigenvalue weighted by atomic mass is 32.2. The number of phenols is 1. The Hall–Kier alpha value is -4.32. The van der Waals surface area contributed by atoms with Crippen molar-refractivity contribution in [2.45, 2.75) is 11.8 Å². The second-order valence-electron chi connectivity index (χ2n) is 6.93. The number of hydrazone groups is 1. The maximum absolute atomic E-state index is 12.8. The number of nitro benzene ring substituents is 1. The third-order valence-corrected chi connectivity index (χ3v) is 6.13. The monoisotopic (exact) mass is 486 g/mol. The Kier molecular flexibility index (Phi) is 7.21. The van der Waals surface area contributed by atoms with E-state index < -0.39 is 20.6 Å². The van der Waals surface area contributed by atoms with E-state index in [-0.39, 0.29) is 22.0 Å². The Morgan fingerprint density at radius 2 is 1.76 bits per heavy atom. The normalized spacial score (nSPS) is 11.6. The molecule has 0 atom stereocenters. The van der Waals surface area contributed by atoms with Crippen LogP contribution in [-0.2, 0) is 10.0 Å². The Morgan fingerprint density at radius 1 is 1.03 bits per heavy atom. The van der Waals surface area contributed by atoms with Crippen molar-refractivity contribution in [3.8, 4) is 17.2 Å². The second kappa shape index (κ2) is 10.1. The Labute approximate surface area is 195 Å². The lowest BCUT2D eigenvalue weighted by molar-refractivity contribution is -0.384. The van der Waals surface area contributed by atoms with E-state index in [0.717, 1.165) is 6.07 Å². The lowest BCUT2D eigenvalue weighted by Gasteiger charge is -2.12. The number of nitro groups is 1. The highest BCUT2D eigenvalue weighted by molar-refractivity contribution is 7.92. The van der Waals surface area contributed by atoms with Crippen LogP contribution >= 0.6 is 0 Å². The van der Waals surface area contributed by atoms with Crippen LogP contribution in [0.5, 0.6) is 17.2 Å². The van der Waals surface area contributed by atoms with E-state index in [1.54, 1.807) is 37.3 Å². The minimum atomic E-state index is -4.15. The molecule has 0 fully saturated rings. The summed E-state index contributed by atoms with van der Waals surface area (Å²) in [5, 5.41) is 25.9. The molecule has 11 nitrogen and oxygen atoms in total. The summed E-state index contributed by atoms with van der Waals surface area (Å²) in [6.45, 7) is 1.59. The van der Waals surface area contributed by atoms with Crippen LogP contribution in [0.4, 0.5) is 17.1 Å². The number of nitrogens with one attached hydrogen (secondary N) is 2. The molecule has 0 saturated carbocycles. The number of methoxy groups -OCH3 is 2. The third kappa shape index (κ3) is 5.35. The van der Waals surface area contributed by atoms with Crippen molar-refractivity contribution >= 4 is 32.8 Å². The van der Waals surface area contributed by atoms with Gasteiger partial charge in [0.2, 0.25) is 0 Å². The van der Waals surface area contributed by atoms with Gasteiger partial charge in [0.05, 0.1) is 35.4 Å². The predicted molar refractivity (Wildman–Crippen MR) is 127 cm³/mol. The quantitative estimate of drug-likeness (QED) is 0.233. The van der Waals surface area contributed by atoms with Gasteiger partial charge in [-0.25, -0.2) is 8.42 Å². The summed E-state index contributed by atoms with van der Waals surface area (Å²) >= 11 is 0. The SMILES string of the molecule is COc1ccc(C(C)=NNc2ccc(S(=O)(=O)Nc3ccccc3OC)cc2[N+](=O)[O-])c(O)c1. The molecular formula is C22H22N4O7S. The molecule has 0 radical (unpaired) electrons. The van der Waals surface area contributed by atoms with Crippen molar-refractivity contribution < 1.29 is 27.9 Å². The predicted octanol–water partition coefficient (Wildman–Crippen LogP) is 3.95. The number of nitrogens with zero attached hydrogens (tertiary/aromatic N) is 2. The summed E-state index contributed by atoms with van der Waals surface area (Å²) in [5.74, 6) is 0.669. The van der Waals surface area contributed by atoms with Crippen molar-refractivity contribution in [1.29, 1.82) is 0 Å². The third-order valence-electron chi connectivity index (χ3n) is 4.77. The summed E-state index contributed by atoms with van der Waals surface area (Å²) in [6, 6.07) is 14.4. The highest BCUT2D eigenvalue weighted by Gasteiger charge is 2.22. The van der Waals surface area contributed by atoms with Gasteiger partial charge in [-0.2, -0.15) is 5.10 Å². The number of hydrogen-bond acceptors (Lipinski definition) is 9. The first-order valence-electron chi connectivity index (χ1n) is 9.78. The summed E-state index contributed by atoms with van der Waals surface area (Å²) in [4.78, 5) is 10.6. The average molecular weight is 487 g/mol. The largest absolute Gasteiger partial charge is 0.507 e. The molecule has 12 heteroatoms. The van der Waals surface area contributed by atoms with Gasteiger partial charge in [-0.3, -0.25) is 20.3 Å². The van der Waals surface area contributed by atoms with Crippen LogP contribution in [0.25, 0.3) is 0 Å². The van der Waals surface area contributed by atoms with E-state index in [2.05, 4.69) is 15.2 Å². The molecule has 3 rings (SSSR count). The van der Waals surface area contributed by atoms with Gasteiger partial charge in [-0.1, -0.05) is 12.1 Å². The van der Waals surface area contributed by atoms with E-state index >= 15 is 0 Å². The van der Waals surface area contributed by atoms with Gasteiger partial charge in [0.1, 0.15) is 22.9 Å². The number of anilines is 2. The van der Waals surface area contributed by atoms with Gasteiger partial charge in [0.25, 0.3) is 15.7 Å². The van der Waals surface area contributed by atoms with Crippen molar-refractivity contribution in [1.82, 2.24) is 0 Å². The van der Waals surface area contributed by atoms with Crippen molar-refractivity contribution in [2.24, 2.45) is 5.10 Å². The van der Waals surface area contributed by atoms with Crippen LogP contribution in [0.15, 0.2) is 70.7 Å². The fourth-order valence-electron chi connectivity index (χ4n) is 3.01. The molecule has 0 bridgehead atoms. The first-order valence-corrected chi connectivity index (χ1v) is 11.3. The fraction of sp³-hybridized carbons (Fsp3) is 0.136. The molecule has 0 aliphatic heterocycles. The maximum Gasteiger partial charge on any atom is 0.295 e. The summed E-state index contributed by atoms with van der Waals surface area (Å²) in [5.41, 5.74) is 2.94. The van der Waals surface area contributed by atoms with Crippen LogP contribution in [0.1, 0.15) is 12.5 Å². The van der Waals surface area contributed by atoms with E-state index in [1.807, 2.05) is 0 Å². The molecule has 0 amide bonds. The number of ether oxygens (including phenoxy) is 2. The van der Waals surface area contributed by atoms with Gasteiger partial charge in [0, 0.05) is 17.7 Å². The Morgan fingerprint density at radius 3 is 2.41 bits per heavy atom. The number of aromatic hydroxyl groups is 1. The Bertz CT molecular complexity index is 1360. The van der Waals surface area contributed by atoms with Gasteiger partial charge >= 0.3 is 0 Å². The van der Waals surface area contributed by atoms with Gasteiger partial charge in [-0.05, 0) is 43.3 Å². The van der Waals surface area contributed by atoms with Gasteiger partial charge < -0.3 is 14.6 Å². The fourth-order valence-corrected chi connectivity index (χ4v) is 4.10. The molecule has 0 saturated heterocycles. The molecule has 178 valence electrons. The molecule has 0 aliphatic carbocycles. The van der Waals surface area contributed by atoms with E-state index in [0.29, 0.717) is 22.8 Å². The number of hydrogen-bond donors (Lipinski definition) is 3. The smallest absolute Gasteiger partial charge is 0.295 e. The number of benzene rings is 3. The molecule has 0 unspecified atom stereocenters. The summed E-state index contributed by atoms with van der Waals surface area (Å²) < 4.78 is 38.2. The lowest BCUT2D eigenvalue weighted by atomic mass is 10.1. The van der Waals surface area contributed by atoms with Crippen molar-refractivity contribution in [3.05, 3.63) is 76.3 Å². The lowest BCUT2D eigenvalue weighted by Crippen LogP contribution is -2.14. The number of rotatable bonds is 9. The Balaban J connectivity index is 1.90. The van der Waals surface area contributed by atoms with Crippen LogP contribution in [0.2, 0.25) is 0 Å². The topological polar surface area (TPSA) is 152 Å². The maximum atomic E-state index is 12.8. The minimum Gasteiger partial charge on any atom is -0.507 e. The molecule has 3 N–H and O–H groups in total. The first-order chi connectivity index (χ1) is 16.2. The average Bonchev–Trinajstić information content (AvgIpc) is 2.82. The highest BCUT2D eigenvalue weighted by Crippen LogP contribution is 2.31. The molecule has 0 spiro atoms. The molecule has 0 aliphatic rings. The van der Waals surface area contributed by atoms with Crippen LogP contribution in [0.3, 0.4) is 0 Å².